The van der Waals surface area contributed by atoms with E-state index in [2.05, 4.69) is 14.9 Å². The van der Waals surface area contributed by atoms with Gasteiger partial charge in [0.25, 0.3) is 0 Å². The molecule has 4 aromatic rings. The number of halogens is 5. The van der Waals surface area contributed by atoms with E-state index in [1.165, 1.54) is 16.4 Å². The molecule has 4 rings (SSSR count). The van der Waals surface area contributed by atoms with Crippen molar-refractivity contribution in [3.05, 3.63) is 44.9 Å². The number of nitrogens with one attached hydrogen (secondary N) is 2. The molecule has 0 radical (unpaired) electrons. The number of nitrogens with zero attached hydrogens (tertiary/aromatic N) is 4. The Kier molecular flexibility index (Phi) is 8.03. The number of hydrogen-bond donors (Lipinski definition) is 2. The molecule has 2 aromatic carbocycles. The molecule has 0 unspecified atom stereocenters. The van der Waals surface area contributed by atoms with Crippen molar-refractivity contribution in [2.45, 2.75) is 64.4 Å². The van der Waals surface area contributed by atoms with Crippen LogP contribution in [0.25, 0.3) is 21.8 Å². The van der Waals surface area contributed by atoms with Crippen LogP contribution in [0.3, 0.4) is 0 Å². The Bertz CT molecular complexity index is 1990. The van der Waals surface area contributed by atoms with Gasteiger partial charge >= 0.3 is 15.5 Å². The normalized spacial score (nSPS) is 13.7. The maximum absolute atomic E-state index is 13.3. The lowest BCUT2D eigenvalue weighted by molar-refractivity contribution is -0.0429. The van der Waals surface area contributed by atoms with Crippen LogP contribution in [0, 0.1) is 0 Å². The van der Waals surface area contributed by atoms with Gasteiger partial charge in [-0.2, -0.15) is 31.8 Å². The van der Waals surface area contributed by atoms with E-state index in [9.17, 15) is 30.0 Å². The Morgan fingerprint density at radius 3 is 1.91 bits per heavy atom. The van der Waals surface area contributed by atoms with Gasteiger partial charge in [-0.1, -0.05) is 70.8 Å². The summed E-state index contributed by atoms with van der Waals surface area (Å²) in [5.74, 6) is -0.600. The Morgan fingerprint density at radius 1 is 0.837 bits per heavy atom. The van der Waals surface area contributed by atoms with Crippen LogP contribution in [0.15, 0.2) is 18.2 Å². The van der Waals surface area contributed by atoms with Crippen LogP contribution in [-0.2, 0) is 44.5 Å². The fraction of sp³-hybridized carbons (Fsp3) is 0.462. The molecular weight excluding hydrogens is 652 g/mol. The van der Waals surface area contributed by atoms with E-state index >= 15 is 0 Å². The summed E-state index contributed by atoms with van der Waals surface area (Å²) in [5.41, 5.74) is -4.00. The maximum Gasteiger partial charge on any atom is 0.516 e. The first-order valence-electron chi connectivity index (χ1n) is 12.8. The number of fused-ring (bicyclic) bond motifs is 2. The van der Waals surface area contributed by atoms with E-state index in [1.807, 2.05) is 47.6 Å². The lowest BCUT2D eigenvalue weighted by Crippen LogP contribution is -2.30. The topological polar surface area (TPSA) is 128 Å². The molecule has 0 fully saturated rings. The highest BCUT2D eigenvalue weighted by Crippen LogP contribution is 2.43. The number of aryl methyl sites for hydroxylation is 1. The largest absolute Gasteiger partial charge is 0.516 e. The second-order valence-corrected chi connectivity index (χ2v) is 16.6. The Balaban J connectivity index is 2.07. The van der Waals surface area contributed by atoms with Crippen molar-refractivity contribution in [1.29, 1.82) is 0 Å². The van der Waals surface area contributed by atoms with Crippen molar-refractivity contribution < 1.29 is 30.0 Å². The standard InChI is InChI=1S/C26H31Cl2F3N6O4S2/c1-24(2,3)14-9-10-16(27)17-21(14)37(33-22(17)34-42(8,38)39)12-13-11-15(25(4,5)6)20-18(19(13)28)23(32-36(20)7)35-43(40,41)26(29,30)31/h9-11H,12H2,1-8H3,(H,32,35)(H,33,34). The molecule has 0 aliphatic heterocycles. The van der Waals surface area contributed by atoms with Gasteiger partial charge in [-0.05, 0) is 39.7 Å². The number of aromatic nitrogens is 4. The summed E-state index contributed by atoms with van der Waals surface area (Å²) in [7, 11) is -8.11. The number of hydrogen-bond acceptors (Lipinski definition) is 6. The smallest absolute Gasteiger partial charge is 0.266 e. The molecule has 10 nitrogen and oxygen atoms in total. The predicted octanol–water partition coefficient (Wildman–Crippen LogP) is 6.51. The van der Waals surface area contributed by atoms with E-state index in [0.717, 1.165) is 11.8 Å². The van der Waals surface area contributed by atoms with Crippen molar-refractivity contribution in [1.82, 2.24) is 19.6 Å². The maximum atomic E-state index is 13.3. The van der Waals surface area contributed by atoms with Crippen LogP contribution in [0.1, 0.15) is 58.2 Å². The van der Waals surface area contributed by atoms with Gasteiger partial charge in [-0.15, -0.1) is 0 Å². The third-order valence-corrected chi connectivity index (χ3v) is 9.10. The lowest BCUT2D eigenvalue weighted by Gasteiger charge is -2.24. The molecular formula is C26H31Cl2F3N6O4S2. The minimum absolute atomic E-state index is 0.0122. The highest BCUT2D eigenvalue weighted by molar-refractivity contribution is 7.93. The average molecular weight is 684 g/mol. The van der Waals surface area contributed by atoms with Crippen molar-refractivity contribution >= 4 is 76.7 Å². The number of anilines is 2. The SMILES string of the molecule is Cn1nc(NS(=O)(=O)C(F)(F)F)c2c(Cl)c(Cn3nc(NS(C)(=O)=O)c4c(Cl)ccc(C(C)(C)C)c43)cc(C(C)(C)C)c21. The quantitative estimate of drug-likeness (QED) is 0.239. The summed E-state index contributed by atoms with van der Waals surface area (Å²) in [6.45, 7) is 11.4. The molecule has 0 saturated carbocycles. The molecule has 0 aliphatic rings. The van der Waals surface area contributed by atoms with Crippen LogP contribution in [0.4, 0.5) is 24.8 Å². The van der Waals surface area contributed by atoms with Crippen LogP contribution in [0.5, 0.6) is 0 Å². The van der Waals surface area contributed by atoms with Crippen molar-refractivity contribution in [2.75, 3.05) is 15.7 Å². The van der Waals surface area contributed by atoms with Crippen LogP contribution in [-0.4, -0.2) is 48.2 Å². The highest BCUT2D eigenvalue weighted by Gasteiger charge is 2.47. The van der Waals surface area contributed by atoms with E-state index < -0.39 is 42.2 Å². The number of alkyl halides is 3. The molecule has 0 spiro atoms. The van der Waals surface area contributed by atoms with Gasteiger partial charge in [0, 0.05) is 7.05 Å². The minimum atomic E-state index is -5.82. The zero-order chi connectivity index (χ0) is 32.7. The molecule has 2 N–H and O–H groups in total. The highest BCUT2D eigenvalue weighted by atomic mass is 35.5. The first-order chi connectivity index (χ1) is 19.3. The minimum Gasteiger partial charge on any atom is -0.266 e. The lowest BCUT2D eigenvalue weighted by atomic mass is 9.84. The zero-order valence-corrected chi connectivity index (χ0v) is 27.7. The predicted molar refractivity (Wildman–Crippen MR) is 164 cm³/mol. The summed E-state index contributed by atoms with van der Waals surface area (Å²) >= 11 is 13.4. The fourth-order valence-corrected chi connectivity index (χ4v) is 6.40. The van der Waals surface area contributed by atoms with Gasteiger partial charge in [0.15, 0.2) is 11.6 Å². The van der Waals surface area contributed by atoms with Crippen molar-refractivity contribution in [3.8, 4) is 0 Å². The fourth-order valence-electron chi connectivity index (χ4n) is 4.86. The van der Waals surface area contributed by atoms with E-state index in [-0.39, 0.29) is 27.8 Å². The first kappa shape index (κ1) is 33.1. The van der Waals surface area contributed by atoms with E-state index in [4.69, 9.17) is 23.2 Å². The van der Waals surface area contributed by atoms with Crippen LogP contribution in [0.2, 0.25) is 10.0 Å². The number of benzene rings is 2. The van der Waals surface area contributed by atoms with Gasteiger partial charge < -0.3 is 0 Å². The third-order valence-electron chi connectivity index (χ3n) is 6.72. The van der Waals surface area contributed by atoms with Crippen molar-refractivity contribution in [2.24, 2.45) is 7.05 Å². The second-order valence-electron chi connectivity index (χ2n) is 12.3. The molecule has 0 saturated heterocycles. The number of rotatable bonds is 6. The van der Waals surface area contributed by atoms with E-state index in [0.29, 0.717) is 27.5 Å². The molecule has 0 amide bonds. The van der Waals surface area contributed by atoms with Crippen LogP contribution >= 0.6 is 23.2 Å². The molecule has 43 heavy (non-hydrogen) atoms. The molecule has 0 atom stereocenters. The van der Waals surface area contributed by atoms with E-state index in [1.54, 1.807) is 16.9 Å². The van der Waals surface area contributed by atoms with Gasteiger partial charge in [0.2, 0.25) is 10.0 Å². The molecule has 2 heterocycles. The summed E-state index contributed by atoms with van der Waals surface area (Å²) in [6, 6.07) is 5.21. The summed E-state index contributed by atoms with van der Waals surface area (Å²) in [5, 5.41) is 9.10. The molecule has 17 heteroatoms. The van der Waals surface area contributed by atoms with Crippen molar-refractivity contribution in [3.63, 3.8) is 0 Å². The summed E-state index contributed by atoms with van der Waals surface area (Å²) in [4.78, 5) is 0. The second kappa shape index (κ2) is 10.4. The Morgan fingerprint density at radius 2 is 1.40 bits per heavy atom. The molecule has 0 bridgehead atoms. The zero-order valence-electron chi connectivity index (χ0n) is 24.6. The average Bonchev–Trinajstić information content (AvgIpc) is 3.30. The molecule has 2 aromatic heterocycles. The van der Waals surface area contributed by atoms with Crippen LogP contribution < -0.4 is 9.44 Å². The monoisotopic (exact) mass is 682 g/mol. The summed E-state index contributed by atoms with van der Waals surface area (Å²) in [6.07, 6.45) is 0.978. The van der Waals surface area contributed by atoms with Gasteiger partial charge in [0.05, 0.1) is 44.7 Å². The molecule has 236 valence electrons. The van der Waals surface area contributed by atoms with Gasteiger partial charge in [0.1, 0.15) is 0 Å². The number of sulfonamides is 2. The Hall–Kier alpha value is -2.75. The molecule has 0 aliphatic carbocycles. The third kappa shape index (κ3) is 6.26. The van der Waals surface area contributed by atoms with Gasteiger partial charge in [-0.3, -0.25) is 18.8 Å². The summed E-state index contributed by atoms with van der Waals surface area (Å²) < 4.78 is 95.2. The Labute approximate surface area is 257 Å². The van der Waals surface area contributed by atoms with Gasteiger partial charge in [-0.25, -0.2) is 8.42 Å². The first-order valence-corrected chi connectivity index (χ1v) is 16.9.